The molecule has 0 heterocycles. The van der Waals surface area contributed by atoms with E-state index in [0.29, 0.717) is 5.92 Å². The third-order valence-corrected chi connectivity index (χ3v) is 4.41. The number of fused-ring (bicyclic) bond motifs is 1. The van der Waals surface area contributed by atoms with Gasteiger partial charge in [-0.3, -0.25) is 0 Å². The third-order valence-electron chi connectivity index (χ3n) is 3.72. The zero-order valence-corrected chi connectivity index (χ0v) is 12.2. The second kappa shape index (κ2) is 4.40. The number of aryl methyl sites for hydroxylation is 2. The van der Waals surface area contributed by atoms with Crippen LogP contribution in [0, 0.1) is 13.8 Å². The molecule has 18 heavy (non-hydrogen) atoms. The predicted octanol–water partition coefficient (Wildman–Crippen LogP) is 5.22. The van der Waals surface area contributed by atoms with Crippen molar-refractivity contribution >= 4 is 22.0 Å². The average Bonchev–Trinajstić information content (AvgIpc) is 2.74. The molecule has 0 saturated carbocycles. The van der Waals surface area contributed by atoms with Gasteiger partial charge in [0, 0.05) is 10.4 Å². The zero-order valence-electron chi connectivity index (χ0n) is 10.6. The van der Waals surface area contributed by atoms with Crippen molar-refractivity contribution in [2.24, 2.45) is 0 Å². The molecule has 0 nitrogen and oxygen atoms in total. The van der Waals surface area contributed by atoms with Crippen LogP contribution in [0.15, 0.2) is 46.9 Å². The van der Waals surface area contributed by atoms with Crippen molar-refractivity contribution in [3.8, 4) is 0 Å². The molecule has 1 heteroatoms. The first kappa shape index (κ1) is 11.7. The molecule has 0 radical (unpaired) electrons. The Balaban J connectivity index is 2.21. The summed E-state index contributed by atoms with van der Waals surface area (Å²) in [5.74, 6) is 0.386. The van der Waals surface area contributed by atoms with Gasteiger partial charge in [0.15, 0.2) is 0 Å². The lowest BCUT2D eigenvalue weighted by molar-refractivity contribution is 1.00. The molecule has 0 aliphatic heterocycles. The van der Waals surface area contributed by atoms with Crippen molar-refractivity contribution in [2.45, 2.75) is 19.8 Å². The molecule has 0 aromatic heterocycles. The normalized spacial score (nSPS) is 16.9. The van der Waals surface area contributed by atoms with Gasteiger partial charge < -0.3 is 0 Å². The Morgan fingerprint density at radius 2 is 1.56 bits per heavy atom. The number of hydrogen-bond acceptors (Lipinski definition) is 0. The second-order valence-electron chi connectivity index (χ2n) is 4.89. The Kier molecular flexibility index (Phi) is 2.87. The molecule has 0 amide bonds. The van der Waals surface area contributed by atoms with Gasteiger partial charge in [0.25, 0.3) is 0 Å². The number of allylic oxidation sites excluding steroid dienone is 1. The summed E-state index contributed by atoms with van der Waals surface area (Å²) in [4.78, 5) is 0. The number of hydrogen-bond donors (Lipinski definition) is 0. The van der Waals surface area contributed by atoms with Gasteiger partial charge in [-0.2, -0.15) is 0 Å². The van der Waals surface area contributed by atoms with E-state index in [4.69, 9.17) is 0 Å². The summed E-state index contributed by atoms with van der Waals surface area (Å²) < 4.78 is 1.21. The summed E-state index contributed by atoms with van der Waals surface area (Å²) in [5.41, 5.74) is 6.91. The van der Waals surface area contributed by atoms with E-state index in [-0.39, 0.29) is 0 Å². The van der Waals surface area contributed by atoms with E-state index in [9.17, 15) is 0 Å². The van der Waals surface area contributed by atoms with Gasteiger partial charge in [-0.25, -0.2) is 0 Å². The first-order valence-electron chi connectivity index (χ1n) is 6.21. The summed E-state index contributed by atoms with van der Waals surface area (Å²) >= 11 is 3.69. The van der Waals surface area contributed by atoms with Crippen molar-refractivity contribution in [3.63, 3.8) is 0 Å². The Bertz CT molecular complexity index is 618. The van der Waals surface area contributed by atoms with Gasteiger partial charge in [0.2, 0.25) is 0 Å². The molecule has 0 spiro atoms. The lowest BCUT2D eigenvalue weighted by Gasteiger charge is -2.18. The Labute approximate surface area is 116 Å². The van der Waals surface area contributed by atoms with Crippen molar-refractivity contribution < 1.29 is 0 Å². The van der Waals surface area contributed by atoms with Gasteiger partial charge >= 0.3 is 0 Å². The van der Waals surface area contributed by atoms with Gasteiger partial charge in [0.05, 0.1) is 0 Å². The minimum Gasteiger partial charge on any atom is -0.0720 e. The molecular weight excluding hydrogens is 284 g/mol. The fraction of sp³-hybridized carbons (Fsp3) is 0.176. The molecule has 0 fully saturated rings. The first-order chi connectivity index (χ1) is 8.68. The Hall–Kier alpha value is -1.34. The van der Waals surface area contributed by atoms with E-state index in [1.54, 1.807) is 0 Å². The van der Waals surface area contributed by atoms with Crippen LogP contribution in [0.1, 0.15) is 33.7 Å². The van der Waals surface area contributed by atoms with E-state index in [0.717, 1.165) is 0 Å². The molecule has 90 valence electrons. The highest BCUT2D eigenvalue weighted by Crippen LogP contribution is 2.41. The Morgan fingerprint density at radius 3 is 2.28 bits per heavy atom. The molecule has 3 rings (SSSR count). The van der Waals surface area contributed by atoms with Crippen LogP contribution in [0.5, 0.6) is 0 Å². The highest BCUT2D eigenvalue weighted by molar-refractivity contribution is 9.10. The molecule has 1 atom stereocenters. The zero-order chi connectivity index (χ0) is 12.7. The lowest BCUT2D eigenvalue weighted by Crippen LogP contribution is -2.02. The van der Waals surface area contributed by atoms with Crippen LogP contribution >= 0.6 is 15.9 Å². The van der Waals surface area contributed by atoms with Crippen LogP contribution in [0.2, 0.25) is 0 Å². The fourth-order valence-electron chi connectivity index (χ4n) is 2.88. The maximum Gasteiger partial charge on any atom is 0.0295 e. The van der Waals surface area contributed by atoms with Crippen LogP contribution in [0.3, 0.4) is 0 Å². The Morgan fingerprint density at radius 1 is 0.889 bits per heavy atom. The van der Waals surface area contributed by atoms with E-state index in [2.05, 4.69) is 78.3 Å². The largest absolute Gasteiger partial charge is 0.0720 e. The van der Waals surface area contributed by atoms with Crippen molar-refractivity contribution in [1.29, 1.82) is 0 Å². The molecule has 1 aliphatic rings. The van der Waals surface area contributed by atoms with Crippen molar-refractivity contribution in [1.82, 2.24) is 0 Å². The van der Waals surface area contributed by atoms with E-state index in [1.165, 1.54) is 32.3 Å². The molecule has 2 aromatic rings. The van der Waals surface area contributed by atoms with Gasteiger partial charge in [0.1, 0.15) is 0 Å². The van der Waals surface area contributed by atoms with E-state index in [1.807, 2.05) is 0 Å². The first-order valence-corrected chi connectivity index (χ1v) is 7.00. The van der Waals surface area contributed by atoms with E-state index >= 15 is 0 Å². The molecular formula is C17H15Br. The van der Waals surface area contributed by atoms with Crippen LogP contribution < -0.4 is 0 Å². The van der Waals surface area contributed by atoms with Crippen LogP contribution in [0.25, 0.3) is 6.08 Å². The molecule has 1 unspecified atom stereocenters. The van der Waals surface area contributed by atoms with Gasteiger partial charge in [-0.05, 0) is 47.7 Å². The molecule has 0 N–H and O–H groups in total. The van der Waals surface area contributed by atoms with E-state index < -0.39 is 0 Å². The molecule has 0 saturated heterocycles. The molecule has 0 bridgehead atoms. The maximum atomic E-state index is 3.69. The van der Waals surface area contributed by atoms with Gasteiger partial charge in [-0.1, -0.05) is 58.4 Å². The quantitative estimate of drug-likeness (QED) is 0.677. The number of halogens is 1. The second-order valence-corrected chi connectivity index (χ2v) is 5.74. The summed E-state index contributed by atoms with van der Waals surface area (Å²) in [6.07, 6.45) is 4.54. The summed E-state index contributed by atoms with van der Waals surface area (Å²) in [6.45, 7) is 4.40. The summed E-state index contributed by atoms with van der Waals surface area (Å²) in [6, 6.07) is 12.9. The standard InChI is InChI=1S/C17H15Br/c1-11-5-3-6-12(2)16(11)14-10-9-13-7-4-8-15(18)17(13)14/h3-10,14H,1-2H3. The van der Waals surface area contributed by atoms with Crippen molar-refractivity contribution in [3.05, 3.63) is 74.8 Å². The van der Waals surface area contributed by atoms with Crippen LogP contribution in [0.4, 0.5) is 0 Å². The van der Waals surface area contributed by atoms with Crippen molar-refractivity contribution in [2.75, 3.05) is 0 Å². The van der Waals surface area contributed by atoms with Crippen LogP contribution in [-0.4, -0.2) is 0 Å². The highest BCUT2D eigenvalue weighted by atomic mass is 79.9. The highest BCUT2D eigenvalue weighted by Gasteiger charge is 2.23. The number of benzene rings is 2. The third kappa shape index (κ3) is 1.74. The average molecular weight is 299 g/mol. The topological polar surface area (TPSA) is 0 Å². The lowest BCUT2D eigenvalue weighted by atomic mass is 9.87. The monoisotopic (exact) mass is 298 g/mol. The van der Waals surface area contributed by atoms with Gasteiger partial charge in [-0.15, -0.1) is 0 Å². The van der Waals surface area contributed by atoms with Crippen LogP contribution in [-0.2, 0) is 0 Å². The molecule has 2 aromatic carbocycles. The predicted molar refractivity (Wildman–Crippen MR) is 80.9 cm³/mol. The smallest absolute Gasteiger partial charge is 0.0295 e. The maximum absolute atomic E-state index is 3.69. The molecule has 1 aliphatic carbocycles. The minimum atomic E-state index is 0.386. The number of rotatable bonds is 1. The minimum absolute atomic E-state index is 0.386. The summed E-state index contributed by atoms with van der Waals surface area (Å²) in [7, 11) is 0. The fourth-order valence-corrected chi connectivity index (χ4v) is 3.51. The summed E-state index contributed by atoms with van der Waals surface area (Å²) in [5, 5.41) is 0. The SMILES string of the molecule is Cc1cccc(C)c1C1C=Cc2cccc(Br)c21.